The molecule has 2 rings (SSSR count). The molecule has 0 spiro atoms. The topological polar surface area (TPSA) is 38.0 Å². The predicted molar refractivity (Wildman–Crippen MR) is 77.9 cm³/mol. The average molecular weight is 258 g/mol. The predicted octanol–water partition coefficient (Wildman–Crippen LogP) is 3.65. The van der Waals surface area contributed by atoms with Gasteiger partial charge in [0.25, 0.3) is 0 Å². The maximum Gasteiger partial charge on any atom is 0.160 e. The van der Waals surface area contributed by atoms with Crippen molar-refractivity contribution in [2.24, 2.45) is 5.92 Å². The second-order valence-corrected chi connectivity index (χ2v) is 5.44. The number of aromatic hydroxyl groups is 1. The Labute approximate surface area is 114 Å². The molecule has 0 atom stereocenters. The number of aromatic nitrogens is 2. The minimum absolute atomic E-state index is 0.358. The van der Waals surface area contributed by atoms with Gasteiger partial charge in [-0.15, -0.1) is 0 Å². The fourth-order valence-electron chi connectivity index (χ4n) is 2.20. The molecule has 1 aromatic heterocycles. The van der Waals surface area contributed by atoms with E-state index in [9.17, 15) is 5.11 Å². The number of nitrogens with zero attached hydrogens (tertiary/aromatic N) is 2. The second kappa shape index (κ2) is 5.47. The minimum Gasteiger partial charge on any atom is -0.504 e. The molecule has 3 heteroatoms. The maximum absolute atomic E-state index is 10.3. The molecule has 0 fully saturated rings. The summed E-state index contributed by atoms with van der Waals surface area (Å²) < 4.78 is 1.88. The lowest BCUT2D eigenvalue weighted by Gasteiger charge is -2.10. The maximum atomic E-state index is 10.3. The third-order valence-electron chi connectivity index (χ3n) is 3.24. The number of aryl methyl sites for hydroxylation is 2. The summed E-state index contributed by atoms with van der Waals surface area (Å²) in [7, 11) is 0. The quantitative estimate of drug-likeness (QED) is 0.909. The zero-order valence-corrected chi connectivity index (χ0v) is 12.1. The van der Waals surface area contributed by atoms with Crippen LogP contribution in [-0.4, -0.2) is 14.9 Å². The zero-order chi connectivity index (χ0) is 14.0. The molecule has 3 nitrogen and oxygen atoms in total. The molecule has 0 radical (unpaired) electrons. The van der Waals surface area contributed by atoms with Gasteiger partial charge in [0.05, 0.1) is 11.4 Å². The molecule has 0 unspecified atom stereocenters. The largest absolute Gasteiger partial charge is 0.504 e. The van der Waals surface area contributed by atoms with Crippen molar-refractivity contribution < 1.29 is 5.11 Å². The van der Waals surface area contributed by atoms with Crippen LogP contribution in [0.1, 0.15) is 37.7 Å². The molecular formula is C16H22N2O. The Hall–Kier alpha value is -1.77. The van der Waals surface area contributed by atoms with E-state index in [4.69, 9.17) is 0 Å². The van der Waals surface area contributed by atoms with Crippen molar-refractivity contribution in [3.63, 3.8) is 0 Å². The molecule has 0 aliphatic rings. The van der Waals surface area contributed by atoms with Gasteiger partial charge < -0.3 is 5.11 Å². The lowest BCUT2D eigenvalue weighted by molar-refractivity contribution is 0.455. The summed E-state index contributed by atoms with van der Waals surface area (Å²) in [5, 5.41) is 14.8. The lowest BCUT2D eigenvalue weighted by Crippen LogP contribution is -2.05. The van der Waals surface area contributed by atoms with Crippen LogP contribution in [0.25, 0.3) is 5.69 Å². The van der Waals surface area contributed by atoms with E-state index in [0.717, 1.165) is 29.9 Å². The first-order valence-electron chi connectivity index (χ1n) is 6.89. The molecule has 2 aromatic rings. The van der Waals surface area contributed by atoms with Crippen molar-refractivity contribution in [2.75, 3.05) is 0 Å². The molecule has 1 aromatic carbocycles. The molecule has 102 valence electrons. The number of hydrogen-bond donors (Lipinski definition) is 1. The van der Waals surface area contributed by atoms with Crippen LogP contribution < -0.4 is 0 Å². The third-order valence-corrected chi connectivity index (χ3v) is 3.24. The van der Waals surface area contributed by atoms with Gasteiger partial charge in [0, 0.05) is 0 Å². The van der Waals surface area contributed by atoms with Crippen molar-refractivity contribution in [2.45, 2.75) is 40.5 Å². The number of hydrogen-bond acceptors (Lipinski definition) is 2. The van der Waals surface area contributed by atoms with Crippen LogP contribution in [-0.2, 0) is 12.8 Å². The van der Waals surface area contributed by atoms with Crippen LogP contribution in [0, 0.1) is 12.8 Å². The second-order valence-electron chi connectivity index (χ2n) is 5.44. The Morgan fingerprint density at radius 3 is 2.37 bits per heavy atom. The highest BCUT2D eigenvalue weighted by atomic mass is 16.3. The van der Waals surface area contributed by atoms with Gasteiger partial charge in [0.1, 0.15) is 5.69 Å². The van der Waals surface area contributed by atoms with E-state index in [2.05, 4.69) is 38.0 Å². The molecule has 0 saturated heterocycles. The van der Waals surface area contributed by atoms with Crippen molar-refractivity contribution >= 4 is 0 Å². The van der Waals surface area contributed by atoms with Gasteiger partial charge in [-0.2, -0.15) is 5.10 Å². The fourth-order valence-corrected chi connectivity index (χ4v) is 2.20. The Balaban J connectivity index is 2.51. The van der Waals surface area contributed by atoms with E-state index in [-0.39, 0.29) is 0 Å². The van der Waals surface area contributed by atoms with Crippen molar-refractivity contribution in [1.82, 2.24) is 9.78 Å². The molecule has 0 saturated carbocycles. The first kappa shape index (κ1) is 13.7. The number of rotatable bonds is 4. The smallest absolute Gasteiger partial charge is 0.160 e. The Morgan fingerprint density at radius 1 is 1.21 bits per heavy atom. The summed E-state index contributed by atoms with van der Waals surface area (Å²) in [5.41, 5.74) is 3.92. The SMILES string of the molecule is CCc1nn(-c2ccc(C)cc2)c(CC(C)C)c1O. The zero-order valence-electron chi connectivity index (χ0n) is 12.1. The summed E-state index contributed by atoms with van der Waals surface area (Å²) in [6.07, 6.45) is 1.57. The molecule has 0 amide bonds. The van der Waals surface area contributed by atoms with Crippen molar-refractivity contribution in [1.29, 1.82) is 0 Å². The van der Waals surface area contributed by atoms with Gasteiger partial charge in [-0.1, -0.05) is 38.5 Å². The molecule has 0 bridgehead atoms. The Bertz CT molecular complexity index is 553. The van der Waals surface area contributed by atoms with E-state index in [1.54, 1.807) is 0 Å². The molecular weight excluding hydrogens is 236 g/mol. The first-order chi connectivity index (χ1) is 9.02. The fraction of sp³-hybridized carbons (Fsp3) is 0.438. The third kappa shape index (κ3) is 2.80. The number of benzene rings is 1. The molecule has 1 N–H and O–H groups in total. The monoisotopic (exact) mass is 258 g/mol. The van der Waals surface area contributed by atoms with Crippen LogP contribution in [0.2, 0.25) is 0 Å². The first-order valence-corrected chi connectivity index (χ1v) is 6.89. The highest BCUT2D eigenvalue weighted by molar-refractivity contribution is 5.42. The van der Waals surface area contributed by atoms with Crippen molar-refractivity contribution in [3.8, 4) is 11.4 Å². The van der Waals surface area contributed by atoms with Crippen LogP contribution in [0.4, 0.5) is 0 Å². The standard InChI is InChI=1S/C16H22N2O/c1-5-14-16(19)15(10-11(2)3)18(17-14)13-8-6-12(4)7-9-13/h6-9,11,19H,5,10H2,1-4H3. The Kier molecular flexibility index (Phi) is 3.93. The van der Waals surface area contributed by atoms with Crippen molar-refractivity contribution in [3.05, 3.63) is 41.2 Å². The van der Waals surface area contributed by atoms with E-state index in [1.807, 2.05) is 23.7 Å². The summed E-state index contributed by atoms with van der Waals surface area (Å²) in [5.74, 6) is 0.841. The van der Waals surface area contributed by atoms with Crippen LogP contribution in [0.5, 0.6) is 5.75 Å². The van der Waals surface area contributed by atoms with Gasteiger partial charge >= 0.3 is 0 Å². The molecule has 19 heavy (non-hydrogen) atoms. The molecule has 0 aliphatic carbocycles. The summed E-state index contributed by atoms with van der Waals surface area (Å²) in [4.78, 5) is 0. The minimum atomic E-state index is 0.358. The normalized spacial score (nSPS) is 11.2. The summed E-state index contributed by atoms with van der Waals surface area (Å²) in [6.45, 7) is 8.38. The average Bonchev–Trinajstić information content (AvgIpc) is 2.67. The van der Waals surface area contributed by atoms with E-state index < -0.39 is 0 Å². The van der Waals surface area contributed by atoms with Gasteiger partial charge in [-0.05, 0) is 37.8 Å². The van der Waals surface area contributed by atoms with E-state index in [1.165, 1.54) is 5.56 Å². The van der Waals surface area contributed by atoms with Crippen LogP contribution in [0.15, 0.2) is 24.3 Å². The molecule has 0 aliphatic heterocycles. The highest BCUT2D eigenvalue weighted by Crippen LogP contribution is 2.28. The Morgan fingerprint density at radius 2 is 1.84 bits per heavy atom. The van der Waals surface area contributed by atoms with Gasteiger partial charge in [0.2, 0.25) is 0 Å². The summed E-state index contributed by atoms with van der Waals surface area (Å²) >= 11 is 0. The van der Waals surface area contributed by atoms with Crippen LogP contribution in [0.3, 0.4) is 0 Å². The molecule has 1 heterocycles. The summed E-state index contributed by atoms with van der Waals surface area (Å²) in [6, 6.07) is 8.23. The van der Waals surface area contributed by atoms with Crippen LogP contribution >= 0.6 is 0 Å². The van der Waals surface area contributed by atoms with E-state index >= 15 is 0 Å². The lowest BCUT2D eigenvalue weighted by atomic mass is 10.1. The van der Waals surface area contributed by atoms with E-state index in [0.29, 0.717) is 11.7 Å². The van der Waals surface area contributed by atoms with Gasteiger partial charge in [-0.3, -0.25) is 0 Å². The van der Waals surface area contributed by atoms with Gasteiger partial charge in [-0.25, -0.2) is 4.68 Å². The van der Waals surface area contributed by atoms with Gasteiger partial charge in [0.15, 0.2) is 5.75 Å². The highest BCUT2D eigenvalue weighted by Gasteiger charge is 2.17.